The minimum Gasteiger partial charge on any atom is -0.456 e. The Morgan fingerprint density at radius 1 is 0.964 bits per heavy atom. The summed E-state index contributed by atoms with van der Waals surface area (Å²) in [7, 11) is 0. The third-order valence-electron chi connectivity index (χ3n) is 4.25. The standard InChI is InChI=1S/C22H21FN2O3/c23-18-8-5-16(6-9-18)13-14-24-21(26)15-28-22(27)12-11-19-10-7-17-3-1-2-4-20(17)25-19/h1-10H,11-15H2,(H,24,26). The van der Waals surface area contributed by atoms with Crippen LogP contribution in [0.5, 0.6) is 0 Å². The molecule has 0 spiro atoms. The SMILES string of the molecule is O=C(COC(=O)CCc1ccc2ccccc2n1)NCCc1ccc(F)cc1. The third-order valence-corrected chi connectivity index (χ3v) is 4.25. The first-order chi connectivity index (χ1) is 13.6. The Bertz CT molecular complexity index is 957. The van der Waals surface area contributed by atoms with Crippen LogP contribution in [-0.2, 0) is 27.2 Å². The van der Waals surface area contributed by atoms with Crippen molar-refractivity contribution in [1.29, 1.82) is 0 Å². The van der Waals surface area contributed by atoms with Gasteiger partial charge >= 0.3 is 5.97 Å². The van der Waals surface area contributed by atoms with Crippen molar-refractivity contribution in [1.82, 2.24) is 10.3 Å². The van der Waals surface area contributed by atoms with E-state index in [0.29, 0.717) is 19.4 Å². The summed E-state index contributed by atoms with van der Waals surface area (Å²) in [5, 5.41) is 3.72. The monoisotopic (exact) mass is 380 g/mol. The number of nitrogens with one attached hydrogen (secondary N) is 1. The number of pyridine rings is 1. The van der Waals surface area contributed by atoms with Crippen LogP contribution in [0.25, 0.3) is 10.9 Å². The van der Waals surface area contributed by atoms with Crippen LogP contribution in [0, 0.1) is 5.82 Å². The molecule has 3 rings (SSSR count). The summed E-state index contributed by atoms with van der Waals surface area (Å²) in [5.74, 6) is -1.10. The molecule has 0 radical (unpaired) electrons. The van der Waals surface area contributed by atoms with Crippen LogP contribution in [0.1, 0.15) is 17.7 Å². The molecule has 6 heteroatoms. The number of esters is 1. The van der Waals surface area contributed by atoms with Crippen molar-refractivity contribution in [2.45, 2.75) is 19.3 Å². The Morgan fingerprint density at radius 3 is 2.57 bits per heavy atom. The van der Waals surface area contributed by atoms with Gasteiger partial charge < -0.3 is 10.1 Å². The predicted molar refractivity (Wildman–Crippen MR) is 104 cm³/mol. The van der Waals surface area contributed by atoms with E-state index in [0.717, 1.165) is 22.2 Å². The highest BCUT2D eigenvalue weighted by Gasteiger charge is 2.09. The lowest BCUT2D eigenvalue weighted by Crippen LogP contribution is -2.30. The zero-order valence-corrected chi connectivity index (χ0v) is 15.4. The van der Waals surface area contributed by atoms with Gasteiger partial charge in [0.15, 0.2) is 6.61 Å². The van der Waals surface area contributed by atoms with Gasteiger partial charge in [-0.3, -0.25) is 14.6 Å². The van der Waals surface area contributed by atoms with Crippen LogP contribution >= 0.6 is 0 Å². The lowest BCUT2D eigenvalue weighted by atomic mass is 10.1. The molecule has 1 N–H and O–H groups in total. The molecule has 3 aromatic rings. The van der Waals surface area contributed by atoms with Crippen LogP contribution in [0.4, 0.5) is 4.39 Å². The Kier molecular flexibility index (Phi) is 6.68. The lowest BCUT2D eigenvalue weighted by Gasteiger charge is -2.07. The van der Waals surface area contributed by atoms with Crippen molar-refractivity contribution in [2.24, 2.45) is 0 Å². The van der Waals surface area contributed by atoms with Gasteiger partial charge in [0, 0.05) is 24.0 Å². The van der Waals surface area contributed by atoms with Gasteiger partial charge in [-0.15, -0.1) is 0 Å². The van der Waals surface area contributed by atoms with Gasteiger partial charge in [-0.2, -0.15) is 0 Å². The molecule has 0 saturated heterocycles. The molecule has 0 bridgehead atoms. The number of rotatable bonds is 8. The predicted octanol–water partition coefficient (Wildman–Crippen LogP) is 3.21. The maximum absolute atomic E-state index is 12.8. The van der Waals surface area contributed by atoms with Crippen molar-refractivity contribution < 1.29 is 18.7 Å². The van der Waals surface area contributed by atoms with Crippen molar-refractivity contribution in [2.75, 3.05) is 13.2 Å². The largest absolute Gasteiger partial charge is 0.456 e. The van der Waals surface area contributed by atoms with Crippen LogP contribution in [0.15, 0.2) is 60.7 Å². The van der Waals surface area contributed by atoms with E-state index in [1.807, 2.05) is 36.4 Å². The van der Waals surface area contributed by atoms with Gasteiger partial charge in [0.1, 0.15) is 5.82 Å². The molecule has 1 heterocycles. The number of fused-ring (bicyclic) bond motifs is 1. The second-order valence-electron chi connectivity index (χ2n) is 6.38. The van der Waals surface area contributed by atoms with Crippen LogP contribution < -0.4 is 5.32 Å². The second kappa shape index (κ2) is 9.60. The minimum absolute atomic E-state index is 0.161. The van der Waals surface area contributed by atoms with E-state index >= 15 is 0 Å². The van der Waals surface area contributed by atoms with Crippen LogP contribution in [0.2, 0.25) is 0 Å². The zero-order chi connectivity index (χ0) is 19.8. The number of amides is 1. The summed E-state index contributed by atoms with van der Waals surface area (Å²) < 4.78 is 17.8. The lowest BCUT2D eigenvalue weighted by molar-refractivity contribution is -0.148. The Hall–Kier alpha value is -3.28. The molecule has 28 heavy (non-hydrogen) atoms. The first-order valence-electron chi connectivity index (χ1n) is 9.11. The topological polar surface area (TPSA) is 68.3 Å². The number of halogens is 1. The molecule has 5 nitrogen and oxygen atoms in total. The van der Waals surface area contributed by atoms with Crippen LogP contribution in [0.3, 0.4) is 0 Å². The number of ether oxygens (including phenoxy) is 1. The second-order valence-corrected chi connectivity index (χ2v) is 6.38. The number of hydrogen-bond donors (Lipinski definition) is 1. The number of aryl methyl sites for hydroxylation is 1. The number of aromatic nitrogens is 1. The molecule has 0 aliphatic heterocycles. The van der Waals surface area contributed by atoms with Gasteiger partial charge in [0.25, 0.3) is 5.91 Å². The van der Waals surface area contributed by atoms with Crippen molar-refractivity contribution >= 4 is 22.8 Å². The van der Waals surface area contributed by atoms with E-state index < -0.39 is 5.97 Å². The summed E-state index contributed by atoms with van der Waals surface area (Å²) in [5.41, 5.74) is 2.61. The summed E-state index contributed by atoms with van der Waals surface area (Å²) in [6.07, 6.45) is 1.19. The fraction of sp³-hybridized carbons (Fsp3) is 0.227. The first-order valence-corrected chi connectivity index (χ1v) is 9.11. The summed E-state index contributed by atoms with van der Waals surface area (Å²) in [4.78, 5) is 28.1. The Balaban J connectivity index is 1.35. The van der Waals surface area contributed by atoms with E-state index in [2.05, 4.69) is 10.3 Å². The third kappa shape index (κ3) is 5.87. The smallest absolute Gasteiger partial charge is 0.306 e. The molecular formula is C22H21FN2O3. The highest BCUT2D eigenvalue weighted by Crippen LogP contribution is 2.12. The van der Waals surface area contributed by atoms with E-state index in [1.165, 1.54) is 12.1 Å². The average molecular weight is 380 g/mol. The van der Waals surface area contributed by atoms with Gasteiger partial charge in [-0.05, 0) is 36.2 Å². The number of hydrogen-bond acceptors (Lipinski definition) is 4. The van der Waals surface area contributed by atoms with Crippen LogP contribution in [-0.4, -0.2) is 30.0 Å². The van der Waals surface area contributed by atoms with E-state index in [-0.39, 0.29) is 24.8 Å². The molecule has 0 atom stereocenters. The summed E-state index contributed by atoms with van der Waals surface area (Å²) in [6.45, 7) is 0.0798. The van der Waals surface area contributed by atoms with E-state index in [1.54, 1.807) is 12.1 Å². The zero-order valence-electron chi connectivity index (χ0n) is 15.4. The summed E-state index contributed by atoms with van der Waals surface area (Å²) in [6, 6.07) is 17.7. The van der Waals surface area contributed by atoms with Gasteiger partial charge in [0.2, 0.25) is 0 Å². The normalized spacial score (nSPS) is 10.6. The minimum atomic E-state index is -0.441. The highest BCUT2D eigenvalue weighted by atomic mass is 19.1. The van der Waals surface area contributed by atoms with Crippen molar-refractivity contribution in [3.8, 4) is 0 Å². The molecule has 1 aromatic heterocycles. The number of para-hydroxylation sites is 1. The van der Waals surface area contributed by atoms with Gasteiger partial charge in [-0.1, -0.05) is 36.4 Å². The fourth-order valence-electron chi connectivity index (χ4n) is 2.74. The number of carbonyl (C=O) groups is 2. The molecule has 0 unspecified atom stereocenters. The van der Waals surface area contributed by atoms with Gasteiger partial charge in [-0.25, -0.2) is 4.39 Å². The van der Waals surface area contributed by atoms with Crippen molar-refractivity contribution in [3.63, 3.8) is 0 Å². The van der Waals surface area contributed by atoms with Gasteiger partial charge in [0.05, 0.1) is 11.9 Å². The fourth-order valence-corrected chi connectivity index (χ4v) is 2.74. The number of carbonyl (C=O) groups excluding carboxylic acids is 2. The number of benzene rings is 2. The number of nitrogens with zero attached hydrogens (tertiary/aromatic N) is 1. The molecule has 0 fully saturated rings. The molecule has 2 aromatic carbocycles. The Morgan fingerprint density at radius 2 is 1.75 bits per heavy atom. The quantitative estimate of drug-likeness (QED) is 0.610. The average Bonchev–Trinajstić information content (AvgIpc) is 2.72. The first kappa shape index (κ1) is 19.5. The Labute approximate surface area is 162 Å². The molecule has 0 aliphatic rings. The molecular weight excluding hydrogens is 359 g/mol. The maximum Gasteiger partial charge on any atom is 0.306 e. The molecule has 0 saturated carbocycles. The molecule has 1 amide bonds. The maximum atomic E-state index is 12.8. The molecule has 0 aliphatic carbocycles. The summed E-state index contributed by atoms with van der Waals surface area (Å²) >= 11 is 0. The van der Waals surface area contributed by atoms with E-state index in [9.17, 15) is 14.0 Å². The van der Waals surface area contributed by atoms with Crippen molar-refractivity contribution in [3.05, 3.63) is 77.7 Å². The van der Waals surface area contributed by atoms with E-state index in [4.69, 9.17) is 4.74 Å². The molecule has 144 valence electrons. The highest BCUT2D eigenvalue weighted by molar-refractivity contribution is 5.81.